The fourth-order valence-corrected chi connectivity index (χ4v) is 0.996. The Balaban J connectivity index is 2.91. The van der Waals surface area contributed by atoms with E-state index in [9.17, 15) is 4.39 Å². The predicted molar refractivity (Wildman–Crippen MR) is 40.5 cm³/mol. The number of aromatic nitrogens is 1. The molecule has 0 unspecified atom stereocenters. The molecule has 1 radical (unpaired) electrons. The molecule has 2 aromatic rings. The summed E-state index contributed by atoms with van der Waals surface area (Å²) in [4.78, 5) is 3.87. The van der Waals surface area contributed by atoms with E-state index in [1.165, 1.54) is 6.07 Å². The summed E-state index contributed by atoms with van der Waals surface area (Å²) in [6.45, 7) is 0. The van der Waals surface area contributed by atoms with Gasteiger partial charge in [-0.05, 0) is 18.2 Å². The van der Waals surface area contributed by atoms with Crippen LogP contribution in [0.2, 0.25) is 0 Å². The van der Waals surface area contributed by atoms with Crippen LogP contribution in [0.3, 0.4) is 0 Å². The van der Waals surface area contributed by atoms with Gasteiger partial charge in [-0.2, -0.15) is 0 Å². The third-order valence-corrected chi connectivity index (χ3v) is 1.50. The second-order valence-electron chi connectivity index (χ2n) is 2.23. The molecule has 0 saturated carbocycles. The number of hydrogen-bond acceptors (Lipinski definition) is 1. The fourth-order valence-electron chi connectivity index (χ4n) is 0.996. The first-order valence-corrected chi connectivity index (χ1v) is 3.29. The molecule has 0 spiro atoms. The van der Waals surface area contributed by atoms with Crippen LogP contribution in [0.15, 0.2) is 30.5 Å². The van der Waals surface area contributed by atoms with E-state index >= 15 is 0 Å². The number of pyridine rings is 1. The van der Waals surface area contributed by atoms with Gasteiger partial charge < -0.3 is 0 Å². The molecule has 1 nitrogen and oxygen atoms in total. The summed E-state index contributed by atoms with van der Waals surface area (Å²) in [6, 6.07) is 9.35. The zero-order valence-electron chi connectivity index (χ0n) is 5.71. The van der Waals surface area contributed by atoms with E-state index < -0.39 is 0 Å². The molecule has 11 heavy (non-hydrogen) atoms. The van der Waals surface area contributed by atoms with E-state index in [4.69, 9.17) is 0 Å². The summed E-state index contributed by atoms with van der Waals surface area (Å²) in [5.74, 6) is -0.292. The third kappa shape index (κ3) is 0.963. The van der Waals surface area contributed by atoms with Gasteiger partial charge in [-0.1, -0.05) is 12.1 Å². The largest absolute Gasteiger partial charge is 0.253 e. The van der Waals surface area contributed by atoms with Gasteiger partial charge in [-0.3, -0.25) is 4.98 Å². The Labute approximate surface area is 63.5 Å². The lowest BCUT2D eigenvalue weighted by atomic mass is 10.2. The maximum Gasteiger partial charge on any atom is 0.149 e. The Kier molecular flexibility index (Phi) is 1.32. The van der Waals surface area contributed by atoms with Crippen LogP contribution in [0.1, 0.15) is 0 Å². The van der Waals surface area contributed by atoms with Gasteiger partial charge in [0.05, 0.1) is 0 Å². The molecular formula is C9H5FN. The van der Waals surface area contributed by atoms with Crippen molar-refractivity contribution in [2.75, 3.05) is 0 Å². The second kappa shape index (κ2) is 2.31. The van der Waals surface area contributed by atoms with Crippen molar-refractivity contribution in [3.05, 3.63) is 42.3 Å². The Morgan fingerprint density at radius 2 is 2.27 bits per heavy atom. The van der Waals surface area contributed by atoms with Crippen molar-refractivity contribution in [1.29, 1.82) is 0 Å². The van der Waals surface area contributed by atoms with Crippen LogP contribution in [0, 0.1) is 11.9 Å². The monoisotopic (exact) mass is 146 g/mol. The van der Waals surface area contributed by atoms with E-state index in [1.807, 2.05) is 0 Å². The first kappa shape index (κ1) is 6.28. The second-order valence-corrected chi connectivity index (χ2v) is 2.23. The Morgan fingerprint density at radius 1 is 1.36 bits per heavy atom. The van der Waals surface area contributed by atoms with Gasteiger partial charge in [-0.25, -0.2) is 4.39 Å². The highest BCUT2D eigenvalue weighted by Crippen LogP contribution is 2.12. The minimum absolute atomic E-state index is 0.292. The van der Waals surface area contributed by atoms with Crippen molar-refractivity contribution >= 4 is 10.9 Å². The van der Waals surface area contributed by atoms with Crippen molar-refractivity contribution in [3.63, 3.8) is 0 Å². The van der Waals surface area contributed by atoms with Gasteiger partial charge in [0.15, 0.2) is 0 Å². The minimum Gasteiger partial charge on any atom is -0.253 e. The van der Waals surface area contributed by atoms with Crippen LogP contribution in [-0.2, 0) is 0 Å². The van der Waals surface area contributed by atoms with Crippen molar-refractivity contribution < 1.29 is 4.39 Å². The summed E-state index contributed by atoms with van der Waals surface area (Å²) in [7, 11) is 0. The quantitative estimate of drug-likeness (QED) is 0.555. The Hall–Kier alpha value is -1.44. The van der Waals surface area contributed by atoms with Crippen LogP contribution in [-0.4, -0.2) is 4.98 Å². The van der Waals surface area contributed by atoms with E-state index in [0.717, 1.165) is 0 Å². The van der Waals surface area contributed by atoms with Crippen LogP contribution in [0.4, 0.5) is 4.39 Å². The molecule has 2 rings (SSSR count). The van der Waals surface area contributed by atoms with Crippen LogP contribution >= 0.6 is 0 Å². The average Bonchev–Trinajstić information content (AvgIpc) is 2.06. The lowest BCUT2D eigenvalue weighted by Gasteiger charge is -1.94. The molecule has 0 amide bonds. The molecule has 0 atom stereocenters. The molecule has 0 fully saturated rings. The number of hydrogen-bond donors (Lipinski definition) is 0. The van der Waals surface area contributed by atoms with Gasteiger partial charge in [0.25, 0.3) is 0 Å². The maximum atomic E-state index is 12.9. The summed E-state index contributed by atoms with van der Waals surface area (Å²) in [6.07, 6.45) is 1.57. The maximum absolute atomic E-state index is 12.9. The summed E-state index contributed by atoms with van der Waals surface area (Å²) < 4.78 is 12.9. The molecule has 1 aromatic heterocycles. The molecule has 0 aliphatic carbocycles. The predicted octanol–water partition coefficient (Wildman–Crippen LogP) is 2.17. The molecule has 53 valence electrons. The van der Waals surface area contributed by atoms with Gasteiger partial charge in [0.2, 0.25) is 0 Å². The molecule has 1 aromatic carbocycles. The van der Waals surface area contributed by atoms with E-state index in [-0.39, 0.29) is 5.82 Å². The topological polar surface area (TPSA) is 12.9 Å². The van der Waals surface area contributed by atoms with E-state index in [0.29, 0.717) is 10.9 Å². The van der Waals surface area contributed by atoms with Crippen LogP contribution in [0.5, 0.6) is 0 Å². The van der Waals surface area contributed by atoms with Gasteiger partial charge in [0, 0.05) is 11.6 Å². The molecule has 0 N–H and O–H groups in total. The summed E-state index contributed by atoms with van der Waals surface area (Å²) >= 11 is 0. The van der Waals surface area contributed by atoms with Crippen molar-refractivity contribution in [2.45, 2.75) is 0 Å². The Bertz CT molecular complexity index is 379. The molecule has 0 bridgehead atoms. The van der Waals surface area contributed by atoms with Gasteiger partial charge >= 0.3 is 0 Å². The first-order valence-electron chi connectivity index (χ1n) is 3.29. The van der Waals surface area contributed by atoms with Gasteiger partial charge in [-0.15, -0.1) is 0 Å². The number of benzene rings is 1. The molecular weight excluding hydrogens is 141 g/mol. The standard InChI is InChI=1S/C9H5FN/c10-8-5-1-3-7-4-2-6-11-9(7)8/h1-2,4-6H. The van der Waals surface area contributed by atoms with Gasteiger partial charge in [0.1, 0.15) is 11.3 Å². The van der Waals surface area contributed by atoms with Crippen molar-refractivity contribution in [3.8, 4) is 0 Å². The highest BCUT2D eigenvalue weighted by atomic mass is 19.1. The zero-order chi connectivity index (χ0) is 7.68. The number of fused-ring (bicyclic) bond motifs is 1. The molecule has 1 heterocycles. The molecule has 0 aliphatic rings. The Morgan fingerprint density at radius 3 is 3.09 bits per heavy atom. The molecule has 0 aliphatic heterocycles. The highest BCUT2D eigenvalue weighted by Gasteiger charge is 1.97. The van der Waals surface area contributed by atoms with E-state index in [1.54, 1.807) is 24.4 Å². The van der Waals surface area contributed by atoms with E-state index in [2.05, 4.69) is 11.1 Å². The molecule has 2 heteroatoms. The SMILES string of the molecule is Fc1cc[c]c2cccnc12. The number of nitrogens with zero attached hydrogens (tertiary/aromatic N) is 1. The van der Waals surface area contributed by atoms with Crippen LogP contribution < -0.4 is 0 Å². The third-order valence-electron chi connectivity index (χ3n) is 1.50. The summed E-state index contributed by atoms with van der Waals surface area (Å²) in [5.41, 5.74) is 0.384. The molecule has 0 saturated heterocycles. The summed E-state index contributed by atoms with van der Waals surface area (Å²) in [5, 5.41) is 0.715. The highest BCUT2D eigenvalue weighted by molar-refractivity contribution is 5.77. The smallest absolute Gasteiger partial charge is 0.149 e. The first-order chi connectivity index (χ1) is 5.38. The minimum atomic E-state index is -0.292. The van der Waals surface area contributed by atoms with Crippen LogP contribution in [0.25, 0.3) is 10.9 Å². The normalized spacial score (nSPS) is 10.3. The lowest BCUT2D eigenvalue weighted by molar-refractivity contribution is 0.637. The zero-order valence-corrected chi connectivity index (χ0v) is 5.71. The lowest BCUT2D eigenvalue weighted by Crippen LogP contribution is -1.81. The van der Waals surface area contributed by atoms with Crippen molar-refractivity contribution in [2.24, 2.45) is 0 Å². The average molecular weight is 146 g/mol. The van der Waals surface area contributed by atoms with Crippen molar-refractivity contribution in [1.82, 2.24) is 4.98 Å². The fraction of sp³-hybridized carbons (Fsp3) is 0. The number of rotatable bonds is 0. The number of halogens is 1.